The molecule has 3 heteroatoms. The number of carboxylic acid groups (broad SMARTS) is 1. The van der Waals surface area contributed by atoms with Crippen LogP contribution in [0.25, 0.3) is 0 Å². The van der Waals surface area contributed by atoms with Gasteiger partial charge in [-0.1, -0.05) is 30.7 Å². The summed E-state index contributed by atoms with van der Waals surface area (Å²) < 4.78 is 0. The molecule has 1 aromatic rings. The zero-order chi connectivity index (χ0) is 11.1. The van der Waals surface area contributed by atoms with Crippen LogP contribution in [0.5, 0.6) is 0 Å². The van der Waals surface area contributed by atoms with Gasteiger partial charge in [-0.05, 0) is 36.5 Å². The van der Waals surface area contributed by atoms with Gasteiger partial charge < -0.3 is 5.11 Å². The summed E-state index contributed by atoms with van der Waals surface area (Å²) in [7, 11) is 0. The molecule has 1 aliphatic carbocycles. The van der Waals surface area contributed by atoms with Crippen LogP contribution in [0.15, 0.2) is 18.2 Å². The van der Waals surface area contributed by atoms with E-state index in [4.69, 9.17) is 11.6 Å². The van der Waals surface area contributed by atoms with E-state index in [0.717, 1.165) is 17.5 Å². The Labute approximate surface area is 93.9 Å². The van der Waals surface area contributed by atoms with E-state index in [0.29, 0.717) is 17.9 Å². The summed E-state index contributed by atoms with van der Waals surface area (Å²) >= 11 is 6.07. The summed E-state index contributed by atoms with van der Waals surface area (Å²) in [6, 6.07) is 5.56. The second-order valence-electron chi connectivity index (χ2n) is 4.01. The normalized spacial score (nSPS) is 23.9. The Hall–Kier alpha value is -1.02. The molecule has 0 amide bonds. The molecule has 80 valence electrons. The molecule has 0 aliphatic heterocycles. The molecule has 15 heavy (non-hydrogen) atoms. The van der Waals surface area contributed by atoms with Gasteiger partial charge in [0.25, 0.3) is 0 Å². The first-order valence-corrected chi connectivity index (χ1v) is 5.51. The number of carbonyl (C=O) groups is 1. The van der Waals surface area contributed by atoms with Gasteiger partial charge in [-0.3, -0.25) is 4.79 Å². The zero-order valence-electron chi connectivity index (χ0n) is 8.59. The fraction of sp³-hybridized carbons (Fsp3) is 0.417. The molecule has 0 spiro atoms. The van der Waals surface area contributed by atoms with Crippen LogP contribution >= 0.6 is 11.6 Å². The highest BCUT2D eigenvalue weighted by molar-refractivity contribution is 6.31. The van der Waals surface area contributed by atoms with Gasteiger partial charge in [0.2, 0.25) is 0 Å². The summed E-state index contributed by atoms with van der Waals surface area (Å²) in [5.41, 5.74) is 1.22. The molecular formula is C12H13ClO2. The molecule has 2 rings (SSSR count). The summed E-state index contributed by atoms with van der Waals surface area (Å²) in [5.74, 6) is -0.731. The quantitative estimate of drug-likeness (QED) is 0.839. The van der Waals surface area contributed by atoms with E-state index in [1.165, 1.54) is 0 Å². The highest BCUT2D eigenvalue weighted by atomic mass is 35.5. The van der Waals surface area contributed by atoms with Gasteiger partial charge in [0.05, 0.1) is 5.41 Å². The summed E-state index contributed by atoms with van der Waals surface area (Å²) in [6.45, 7) is 1.92. The van der Waals surface area contributed by atoms with Crippen molar-refractivity contribution in [2.45, 2.75) is 31.6 Å². The van der Waals surface area contributed by atoms with Crippen LogP contribution in [0.2, 0.25) is 5.02 Å². The van der Waals surface area contributed by atoms with Crippen molar-refractivity contribution in [2.24, 2.45) is 0 Å². The molecule has 1 aromatic carbocycles. The molecule has 0 fully saturated rings. The maximum atomic E-state index is 11.4. The molecule has 1 atom stereocenters. The van der Waals surface area contributed by atoms with Crippen LogP contribution in [0.1, 0.15) is 30.9 Å². The molecule has 0 saturated heterocycles. The molecule has 0 aromatic heterocycles. The fourth-order valence-corrected chi connectivity index (χ4v) is 2.74. The van der Waals surface area contributed by atoms with E-state index in [9.17, 15) is 9.90 Å². The van der Waals surface area contributed by atoms with Gasteiger partial charge in [0.1, 0.15) is 0 Å². The molecule has 1 aliphatic rings. The van der Waals surface area contributed by atoms with E-state index >= 15 is 0 Å². The second kappa shape index (κ2) is 3.53. The molecule has 0 saturated carbocycles. The Morgan fingerprint density at radius 3 is 2.93 bits per heavy atom. The lowest BCUT2D eigenvalue weighted by Crippen LogP contribution is -2.32. The number of benzene rings is 1. The van der Waals surface area contributed by atoms with Crippen LogP contribution in [-0.2, 0) is 16.6 Å². The van der Waals surface area contributed by atoms with Crippen molar-refractivity contribution in [3.63, 3.8) is 0 Å². The smallest absolute Gasteiger partial charge is 0.314 e. The minimum atomic E-state index is -0.731. The Morgan fingerprint density at radius 1 is 1.60 bits per heavy atom. The molecule has 1 N–H and O–H groups in total. The first-order chi connectivity index (χ1) is 7.12. The van der Waals surface area contributed by atoms with Crippen molar-refractivity contribution in [1.82, 2.24) is 0 Å². The van der Waals surface area contributed by atoms with Gasteiger partial charge in [-0.25, -0.2) is 0 Å². The van der Waals surface area contributed by atoms with E-state index < -0.39 is 11.4 Å². The highest BCUT2D eigenvalue weighted by Gasteiger charge is 2.44. The van der Waals surface area contributed by atoms with E-state index in [2.05, 4.69) is 0 Å². The number of rotatable bonds is 2. The number of halogens is 1. The zero-order valence-corrected chi connectivity index (χ0v) is 9.34. The van der Waals surface area contributed by atoms with Crippen LogP contribution < -0.4 is 0 Å². The van der Waals surface area contributed by atoms with Gasteiger partial charge in [-0.15, -0.1) is 0 Å². The Kier molecular flexibility index (Phi) is 2.47. The standard InChI is InChI=1S/C12H13ClO2/c1-2-12(11(14)15)7-6-8-9(12)4-3-5-10(8)13/h3-5H,2,6-7H2,1H3,(H,14,15)/t12-/m1/s1. The number of fused-ring (bicyclic) bond motifs is 1. The Morgan fingerprint density at radius 2 is 2.33 bits per heavy atom. The van der Waals surface area contributed by atoms with Gasteiger partial charge in [-0.2, -0.15) is 0 Å². The summed E-state index contributed by atoms with van der Waals surface area (Å²) in [6.07, 6.45) is 2.06. The van der Waals surface area contributed by atoms with Gasteiger partial charge in [0.15, 0.2) is 0 Å². The maximum absolute atomic E-state index is 11.4. The van der Waals surface area contributed by atoms with Gasteiger partial charge >= 0.3 is 5.97 Å². The minimum Gasteiger partial charge on any atom is -0.481 e. The van der Waals surface area contributed by atoms with E-state index in [1.54, 1.807) is 0 Å². The van der Waals surface area contributed by atoms with Crippen molar-refractivity contribution in [3.8, 4) is 0 Å². The maximum Gasteiger partial charge on any atom is 0.314 e. The molecule has 0 unspecified atom stereocenters. The predicted octanol–water partition coefficient (Wildman–Crippen LogP) is 3.02. The topological polar surface area (TPSA) is 37.3 Å². The lowest BCUT2D eigenvalue weighted by Gasteiger charge is -2.23. The summed E-state index contributed by atoms with van der Waals surface area (Å²) in [5, 5.41) is 10.1. The van der Waals surface area contributed by atoms with Crippen molar-refractivity contribution in [1.29, 1.82) is 0 Å². The monoisotopic (exact) mass is 224 g/mol. The second-order valence-corrected chi connectivity index (χ2v) is 4.41. The first kappa shape index (κ1) is 10.5. The van der Waals surface area contributed by atoms with Crippen molar-refractivity contribution in [2.75, 3.05) is 0 Å². The van der Waals surface area contributed by atoms with Crippen LogP contribution in [0.4, 0.5) is 0 Å². The Bertz CT molecular complexity index is 414. The van der Waals surface area contributed by atoms with Crippen LogP contribution in [0, 0.1) is 0 Å². The highest BCUT2D eigenvalue weighted by Crippen LogP contribution is 2.44. The molecule has 0 heterocycles. The fourth-order valence-electron chi connectivity index (χ4n) is 2.47. The molecule has 2 nitrogen and oxygen atoms in total. The van der Waals surface area contributed by atoms with Crippen molar-refractivity contribution >= 4 is 17.6 Å². The van der Waals surface area contributed by atoms with Crippen LogP contribution in [-0.4, -0.2) is 11.1 Å². The van der Waals surface area contributed by atoms with E-state index in [1.807, 2.05) is 25.1 Å². The summed E-state index contributed by atoms with van der Waals surface area (Å²) in [4.78, 5) is 11.4. The Balaban J connectivity index is 2.61. The first-order valence-electron chi connectivity index (χ1n) is 5.13. The lowest BCUT2D eigenvalue weighted by molar-refractivity contribution is -0.144. The SMILES string of the molecule is CC[C@@]1(C(=O)O)CCc2c(Cl)cccc21. The minimum absolute atomic E-state index is 0.621. The van der Waals surface area contributed by atoms with Gasteiger partial charge in [0, 0.05) is 5.02 Å². The number of carboxylic acids is 1. The molecule has 0 radical (unpaired) electrons. The van der Waals surface area contributed by atoms with Crippen molar-refractivity contribution in [3.05, 3.63) is 34.3 Å². The predicted molar refractivity (Wildman–Crippen MR) is 59.4 cm³/mol. The third-order valence-electron chi connectivity index (χ3n) is 3.45. The average Bonchev–Trinajstić information content (AvgIpc) is 2.59. The number of aliphatic carboxylic acids is 1. The molecular weight excluding hydrogens is 212 g/mol. The van der Waals surface area contributed by atoms with Crippen LogP contribution in [0.3, 0.4) is 0 Å². The average molecular weight is 225 g/mol. The molecule has 0 bridgehead atoms. The largest absolute Gasteiger partial charge is 0.481 e. The third-order valence-corrected chi connectivity index (χ3v) is 3.80. The number of hydrogen-bond acceptors (Lipinski definition) is 1. The van der Waals surface area contributed by atoms with E-state index in [-0.39, 0.29) is 0 Å². The third kappa shape index (κ3) is 1.36. The van der Waals surface area contributed by atoms with Crippen molar-refractivity contribution < 1.29 is 9.90 Å². The lowest BCUT2D eigenvalue weighted by atomic mass is 9.79. The number of hydrogen-bond donors (Lipinski definition) is 1.